The number of rotatable bonds is 6. The molecule has 1 saturated carbocycles. The van der Waals surface area contributed by atoms with Gasteiger partial charge >= 0.3 is 0 Å². The standard InChI is InChI=1S/C12H21N3/c1-13-9-12(5-6-12)10-15(2)8-11-4-3-7-14-11/h3-4,7,13-14H,5-6,8-10H2,1-2H3. The molecule has 1 fully saturated rings. The molecule has 1 aromatic heterocycles. The average Bonchev–Trinajstić information content (AvgIpc) is 2.75. The first-order chi connectivity index (χ1) is 7.24. The maximum absolute atomic E-state index is 3.30. The molecule has 3 heteroatoms. The number of hydrogen-bond acceptors (Lipinski definition) is 2. The predicted molar refractivity (Wildman–Crippen MR) is 62.7 cm³/mol. The monoisotopic (exact) mass is 207 g/mol. The van der Waals surface area contributed by atoms with Crippen molar-refractivity contribution >= 4 is 0 Å². The van der Waals surface area contributed by atoms with Crippen LogP contribution < -0.4 is 5.32 Å². The van der Waals surface area contributed by atoms with Crippen LogP contribution in [0.1, 0.15) is 18.5 Å². The molecule has 0 radical (unpaired) electrons. The van der Waals surface area contributed by atoms with Crippen molar-refractivity contribution in [2.75, 3.05) is 27.2 Å². The molecule has 84 valence electrons. The second-order valence-corrected chi connectivity index (χ2v) is 4.90. The lowest BCUT2D eigenvalue weighted by Crippen LogP contribution is -2.32. The lowest BCUT2D eigenvalue weighted by atomic mass is 10.1. The second-order valence-electron chi connectivity index (χ2n) is 4.90. The fraction of sp³-hybridized carbons (Fsp3) is 0.667. The van der Waals surface area contributed by atoms with Crippen molar-refractivity contribution in [3.05, 3.63) is 24.0 Å². The predicted octanol–water partition coefficient (Wildman–Crippen LogP) is 1.45. The molecular formula is C12H21N3. The van der Waals surface area contributed by atoms with E-state index in [1.807, 2.05) is 13.2 Å². The van der Waals surface area contributed by atoms with Gasteiger partial charge in [0.2, 0.25) is 0 Å². The molecule has 0 amide bonds. The summed E-state index contributed by atoms with van der Waals surface area (Å²) in [4.78, 5) is 5.66. The lowest BCUT2D eigenvalue weighted by Gasteiger charge is -2.23. The summed E-state index contributed by atoms with van der Waals surface area (Å²) in [5, 5.41) is 3.30. The van der Waals surface area contributed by atoms with Crippen molar-refractivity contribution in [3.8, 4) is 0 Å². The molecule has 1 heterocycles. The van der Waals surface area contributed by atoms with E-state index >= 15 is 0 Å². The quantitative estimate of drug-likeness (QED) is 0.739. The summed E-state index contributed by atoms with van der Waals surface area (Å²) in [5.41, 5.74) is 1.87. The van der Waals surface area contributed by atoms with Crippen LogP contribution in [0.15, 0.2) is 18.3 Å². The highest BCUT2D eigenvalue weighted by atomic mass is 15.1. The van der Waals surface area contributed by atoms with Crippen LogP contribution in [-0.4, -0.2) is 37.1 Å². The van der Waals surface area contributed by atoms with Crippen LogP contribution in [0.2, 0.25) is 0 Å². The Hall–Kier alpha value is -0.800. The van der Waals surface area contributed by atoms with Gasteiger partial charge in [-0.3, -0.25) is 0 Å². The Morgan fingerprint density at radius 3 is 2.87 bits per heavy atom. The Labute approximate surface area is 91.9 Å². The normalized spacial score (nSPS) is 18.3. The largest absolute Gasteiger partial charge is 0.364 e. The summed E-state index contributed by atoms with van der Waals surface area (Å²) in [5.74, 6) is 0. The summed E-state index contributed by atoms with van der Waals surface area (Å²) >= 11 is 0. The molecule has 2 rings (SSSR count). The Balaban J connectivity index is 1.80. The van der Waals surface area contributed by atoms with Crippen LogP contribution in [0.3, 0.4) is 0 Å². The van der Waals surface area contributed by atoms with Gasteiger partial charge in [-0.2, -0.15) is 0 Å². The van der Waals surface area contributed by atoms with Crippen LogP contribution in [0.5, 0.6) is 0 Å². The summed E-state index contributed by atoms with van der Waals surface area (Å²) in [6.07, 6.45) is 4.75. The molecule has 1 aliphatic carbocycles. The van der Waals surface area contributed by atoms with Gasteiger partial charge in [0.25, 0.3) is 0 Å². The SMILES string of the molecule is CNCC1(CN(C)Cc2ccc[nH]2)CC1. The van der Waals surface area contributed by atoms with Gasteiger partial charge in [0.15, 0.2) is 0 Å². The van der Waals surface area contributed by atoms with Crippen molar-refractivity contribution in [1.29, 1.82) is 0 Å². The van der Waals surface area contributed by atoms with Crippen LogP contribution in [0.25, 0.3) is 0 Å². The average molecular weight is 207 g/mol. The Bertz CT molecular complexity index is 288. The molecule has 0 unspecified atom stereocenters. The van der Waals surface area contributed by atoms with Gasteiger partial charge in [-0.05, 0) is 44.5 Å². The number of nitrogens with zero attached hydrogens (tertiary/aromatic N) is 1. The fourth-order valence-corrected chi connectivity index (χ4v) is 2.33. The number of aromatic amines is 1. The van der Waals surface area contributed by atoms with E-state index in [1.54, 1.807) is 0 Å². The van der Waals surface area contributed by atoms with Crippen LogP contribution >= 0.6 is 0 Å². The van der Waals surface area contributed by atoms with Crippen molar-refractivity contribution in [2.45, 2.75) is 19.4 Å². The van der Waals surface area contributed by atoms with Gasteiger partial charge in [0.05, 0.1) is 0 Å². The summed E-state index contributed by atoms with van der Waals surface area (Å²) in [6, 6.07) is 4.21. The number of nitrogens with one attached hydrogen (secondary N) is 2. The first-order valence-electron chi connectivity index (χ1n) is 5.70. The fourth-order valence-electron chi connectivity index (χ4n) is 2.33. The lowest BCUT2D eigenvalue weighted by molar-refractivity contribution is 0.250. The number of hydrogen-bond donors (Lipinski definition) is 2. The number of H-pyrrole nitrogens is 1. The van der Waals surface area contributed by atoms with E-state index in [1.165, 1.54) is 25.1 Å². The van der Waals surface area contributed by atoms with E-state index in [-0.39, 0.29) is 0 Å². The molecule has 0 aromatic carbocycles. The van der Waals surface area contributed by atoms with Crippen LogP contribution in [-0.2, 0) is 6.54 Å². The molecule has 2 N–H and O–H groups in total. The van der Waals surface area contributed by atoms with E-state index in [4.69, 9.17) is 0 Å². The summed E-state index contributed by atoms with van der Waals surface area (Å²) in [6.45, 7) is 3.38. The highest BCUT2D eigenvalue weighted by molar-refractivity contribution is 5.04. The zero-order chi connectivity index (χ0) is 10.7. The Morgan fingerprint density at radius 1 is 1.53 bits per heavy atom. The zero-order valence-corrected chi connectivity index (χ0v) is 9.71. The molecule has 1 aliphatic rings. The molecule has 0 atom stereocenters. The van der Waals surface area contributed by atoms with E-state index < -0.39 is 0 Å². The van der Waals surface area contributed by atoms with Crippen molar-refractivity contribution in [2.24, 2.45) is 5.41 Å². The summed E-state index contributed by atoms with van der Waals surface area (Å²) in [7, 11) is 4.25. The van der Waals surface area contributed by atoms with Gasteiger partial charge in [-0.15, -0.1) is 0 Å². The van der Waals surface area contributed by atoms with E-state index in [2.05, 4.69) is 34.4 Å². The minimum Gasteiger partial charge on any atom is -0.364 e. The van der Waals surface area contributed by atoms with Gasteiger partial charge in [-0.1, -0.05) is 0 Å². The topological polar surface area (TPSA) is 31.1 Å². The molecule has 3 nitrogen and oxygen atoms in total. The van der Waals surface area contributed by atoms with Crippen molar-refractivity contribution < 1.29 is 0 Å². The van der Waals surface area contributed by atoms with Gasteiger partial charge < -0.3 is 15.2 Å². The van der Waals surface area contributed by atoms with Crippen LogP contribution in [0, 0.1) is 5.41 Å². The minimum absolute atomic E-state index is 0.566. The molecule has 15 heavy (non-hydrogen) atoms. The zero-order valence-electron chi connectivity index (χ0n) is 9.71. The van der Waals surface area contributed by atoms with Crippen molar-refractivity contribution in [1.82, 2.24) is 15.2 Å². The van der Waals surface area contributed by atoms with Gasteiger partial charge in [0.1, 0.15) is 0 Å². The molecular weight excluding hydrogens is 186 g/mol. The molecule has 0 aliphatic heterocycles. The molecule has 1 aromatic rings. The van der Waals surface area contributed by atoms with Gasteiger partial charge in [0, 0.05) is 31.5 Å². The first-order valence-corrected chi connectivity index (χ1v) is 5.70. The van der Waals surface area contributed by atoms with E-state index in [9.17, 15) is 0 Å². The minimum atomic E-state index is 0.566. The smallest absolute Gasteiger partial charge is 0.0382 e. The molecule has 0 saturated heterocycles. The molecule has 0 spiro atoms. The maximum atomic E-state index is 3.30. The van der Waals surface area contributed by atoms with Crippen molar-refractivity contribution in [3.63, 3.8) is 0 Å². The highest BCUT2D eigenvalue weighted by Gasteiger charge is 2.42. The number of aromatic nitrogens is 1. The van der Waals surface area contributed by atoms with E-state index in [0.717, 1.165) is 13.1 Å². The van der Waals surface area contributed by atoms with E-state index in [0.29, 0.717) is 5.41 Å². The van der Waals surface area contributed by atoms with Crippen LogP contribution in [0.4, 0.5) is 0 Å². The highest BCUT2D eigenvalue weighted by Crippen LogP contribution is 2.45. The Kier molecular flexibility index (Phi) is 3.12. The summed E-state index contributed by atoms with van der Waals surface area (Å²) < 4.78 is 0. The first kappa shape index (κ1) is 10.7. The Morgan fingerprint density at radius 2 is 2.33 bits per heavy atom. The maximum Gasteiger partial charge on any atom is 0.0382 e. The van der Waals surface area contributed by atoms with Gasteiger partial charge in [-0.25, -0.2) is 0 Å². The third-order valence-corrected chi connectivity index (χ3v) is 3.22. The second kappa shape index (κ2) is 4.37. The molecule has 0 bridgehead atoms. The third-order valence-electron chi connectivity index (χ3n) is 3.22. The third kappa shape index (κ3) is 2.83.